The van der Waals surface area contributed by atoms with E-state index in [9.17, 15) is 5.11 Å². The Bertz CT molecular complexity index is 324. The van der Waals surface area contributed by atoms with Crippen LogP contribution in [0.2, 0.25) is 0 Å². The summed E-state index contributed by atoms with van der Waals surface area (Å²) in [6.45, 7) is 3.78. The first-order valence-electron chi connectivity index (χ1n) is 4.42. The molecule has 1 aromatic rings. The average Bonchev–Trinajstić information content (AvgIpc) is 2.16. The van der Waals surface area contributed by atoms with Crippen molar-refractivity contribution in [2.45, 2.75) is 13.8 Å². The number of aromatic hydroxyl groups is 1. The van der Waals surface area contributed by atoms with E-state index in [4.69, 9.17) is 4.74 Å². The van der Waals surface area contributed by atoms with Gasteiger partial charge in [-0.25, -0.2) is 0 Å². The van der Waals surface area contributed by atoms with E-state index >= 15 is 0 Å². The van der Waals surface area contributed by atoms with Crippen molar-refractivity contribution in [2.24, 2.45) is 0 Å². The summed E-state index contributed by atoms with van der Waals surface area (Å²) in [5.74, 6) is 1.07. The van der Waals surface area contributed by atoms with Gasteiger partial charge in [0.2, 0.25) is 0 Å². The average molecular weight is 277 g/mol. The molecule has 86 valence electrons. The van der Waals surface area contributed by atoms with E-state index in [1.165, 1.54) is 0 Å². The monoisotopic (exact) mass is 276 g/mol. The Morgan fingerprint density at radius 2 is 1.60 bits per heavy atom. The molecule has 0 bridgehead atoms. The molecule has 0 aliphatic heterocycles. The highest BCUT2D eigenvalue weighted by molar-refractivity contribution is 9.10. The predicted octanol–water partition coefficient (Wildman–Crippen LogP) is 3.04. The Morgan fingerprint density at radius 3 is 2.00 bits per heavy atom. The lowest BCUT2D eigenvalue weighted by atomic mass is 10.1. The molecule has 0 aliphatic rings. The Kier molecular flexibility index (Phi) is 6.36. The van der Waals surface area contributed by atoms with Crippen LogP contribution >= 0.6 is 15.9 Å². The quantitative estimate of drug-likeness (QED) is 0.857. The Morgan fingerprint density at radius 1 is 1.13 bits per heavy atom. The minimum atomic E-state index is 0.292. The second-order valence-electron chi connectivity index (χ2n) is 3.07. The Hall–Kier alpha value is -0.740. The van der Waals surface area contributed by atoms with Crippen LogP contribution in [0, 0.1) is 13.8 Å². The number of halogens is 1. The van der Waals surface area contributed by atoms with Gasteiger partial charge in [-0.05, 0) is 47.0 Å². The standard InChI is InChI=1S/C9H11BrO2.C2H6O/c1-5-6(2)9(12-3)7(10)4-8(5)11;1-3-2/h4,11H,1-3H3;1-2H3. The molecule has 0 radical (unpaired) electrons. The van der Waals surface area contributed by atoms with E-state index < -0.39 is 0 Å². The first-order valence-corrected chi connectivity index (χ1v) is 5.21. The van der Waals surface area contributed by atoms with Crippen LogP contribution < -0.4 is 4.74 Å². The second-order valence-corrected chi connectivity index (χ2v) is 3.92. The summed E-state index contributed by atoms with van der Waals surface area (Å²) in [4.78, 5) is 0. The first-order chi connectivity index (χ1) is 6.99. The zero-order valence-corrected chi connectivity index (χ0v) is 11.3. The van der Waals surface area contributed by atoms with Gasteiger partial charge in [-0.1, -0.05) is 0 Å². The lowest BCUT2D eigenvalue weighted by Gasteiger charge is -2.10. The van der Waals surface area contributed by atoms with Crippen LogP contribution in [0.5, 0.6) is 11.5 Å². The van der Waals surface area contributed by atoms with Crippen LogP contribution in [0.3, 0.4) is 0 Å². The van der Waals surface area contributed by atoms with Crippen molar-refractivity contribution >= 4 is 15.9 Å². The summed E-state index contributed by atoms with van der Waals surface area (Å²) in [6, 6.07) is 1.64. The lowest BCUT2D eigenvalue weighted by Crippen LogP contribution is -1.91. The number of phenolic OH excluding ortho intramolecular Hbond substituents is 1. The molecule has 0 aromatic heterocycles. The van der Waals surface area contributed by atoms with Crippen molar-refractivity contribution in [1.82, 2.24) is 0 Å². The van der Waals surface area contributed by atoms with Gasteiger partial charge in [0, 0.05) is 14.2 Å². The molecule has 0 atom stereocenters. The van der Waals surface area contributed by atoms with Crippen LogP contribution in [0.1, 0.15) is 11.1 Å². The Balaban J connectivity index is 0.000000583. The van der Waals surface area contributed by atoms with Gasteiger partial charge in [0.05, 0.1) is 11.6 Å². The molecule has 0 saturated heterocycles. The highest BCUT2D eigenvalue weighted by atomic mass is 79.9. The molecule has 4 heteroatoms. The van der Waals surface area contributed by atoms with E-state index in [1.807, 2.05) is 13.8 Å². The van der Waals surface area contributed by atoms with Gasteiger partial charge in [-0.3, -0.25) is 0 Å². The molecular formula is C11H17BrO3. The fourth-order valence-corrected chi connectivity index (χ4v) is 1.76. The topological polar surface area (TPSA) is 38.7 Å². The second kappa shape index (κ2) is 6.69. The molecule has 0 heterocycles. The van der Waals surface area contributed by atoms with Crippen LogP contribution in [-0.4, -0.2) is 26.4 Å². The van der Waals surface area contributed by atoms with Crippen molar-refractivity contribution < 1.29 is 14.6 Å². The number of hydrogen-bond donors (Lipinski definition) is 1. The molecule has 1 N–H and O–H groups in total. The van der Waals surface area contributed by atoms with E-state index in [-0.39, 0.29) is 0 Å². The third-order valence-electron chi connectivity index (χ3n) is 1.97. The van der Waals surface area contributed by atoms with Crippen LogP contribution in [0.4, 0.5) is 0 Å². The largest absolute Gasteiger partial charge is 0.508 e. The maximum absolute atomic E-state index is 9.42. The van der Waals surface area contributed by atoms with E-state index in [2.05, 4.69) is 20.7 Å². The highest BCUT2D eigenvalue weighted by Gasteiger charge is 2.09. The molecular weight excluding hydrogens is 260 g/mol. The zero-order chi connectivity index (χ0) is 12.0. The first kappa shape index (κ1) is 14.3. The van der Waals surface area contributed by atoms with E-state index in [0.717, 1.165) is 21.3 Å². The SMILES string of the molecule is COC.COc1c(Br)cc(O)c(C)c1C. The number of benzene rings is 1. The summed E-state index contributed by atoms with van der Waals surface area (Å²) >= 11 is 3.31. The number of ether oxygens (including phenoxy) is 2. The van der Waals surface area contributed by atoms with Crippen LogP contribution in [0.15, 0.2) is 10.5 Å². The Labute approximate surface area is 99.2 Å². The van der Waals surface area contributed by atoms with Gasteiger partial charge in [-0.15, -0.1) is 0 Å². The number of phenols is 1. The van der Waals surface area contributed by atoms with Crippen molar-refractivity contribution in [3.8, 4) is 11.5 Å². The van der Waals surface area contributed by atoms with Gasteiger partial charge in [-0.2, -0.15) is 0 Å². The van der Waals surface area contributed by atoms with Crippen LogP contribution in [0.25, 0.3) is 0 Å². The van der Waals surface area contributed by atoms with E-state index in [1.54, 1.807) is 27.4 Å². The molecule has 0 unspecified atom stereocenters. The maximum atomic E-state index is 9.42. The number of methoxy groups -OCH3 is 2. The van der Waals surface area contributed by atoms with Crippen molar-refractivity contribution in [3.63, 3.8) is 0 Å². The van der Waals surface area contributed by atoms with Crippen molar-refractivity contribution in [2.75, 3.05) is 21.3 Å². The summed E-state index contributed by atoms with van der Waals surface area (Å²) < 4.78 is 10.2. The van der Waals surface area contributed by atoms with Crippen molar-refractivity contribution in [3.05, 3.63) is 21.7 Å². The van der Waals surface area contributed by atoms with Gasteiger partial charge in [0.1, 0.15) is 11.5 Å². The van der Waals surface area contributed by atoms with Gasteiger partial charge in [0.15, 0.2) is 0 Å². The molecule has 3 nitrogen and oxygen atoms in total. The predicted molar refractivity (Wildman–Crippen MR) is 64.8 cm³/mol. The van der Waals surface area contributed by atoms with E-state index in [0.29, 0.717) is 5.75 Å². The molecule has 1 rings (SSSR count). The molecule has 0 saturated carbocycles. The lowest BCUT2D eigenvalue weighted by molar-refractivity contribution is 0.277. The molecule has 15 heavy (non-hydrogen) atoms. The highest BCUT2D eigenvalue weighted by Crippen LogP contribution is 2.35. The fourth-order valence-electron chi connectivity index (χ4n) is 1.09. The minimum Gasteiger partial charge on any atom is -0.508 e. The third kappa shape index (κ3) is 3.72. The zero-order valence-electron chi connectivity index (χ0n) is 9.72. The molecule has 1 aromatic carbocycles. The van der Waals surface area contributed by atoms with Gasteiger partial charge in [0.25, 0.3) is 0 Å². The van der Waals surface area contributed by atoms with Gasteiger partial charge >= 0.3 is 0 Å². The molecule has 0 fully saturated rings. The van der Waals surface area contributed by atoms with Crippen molar-refractivity contribution in [1.29, 1.82) is 0 Å². The maximum Gasteiger partial charge on any atom is 0.136 e. The number of rotatable bonds is 1. The molecule has 0 aliphatic carbocycles. The number of hydrogen-bond acceptors (Lipinski definition) is 3. The fraction of sp³-hybridized carbons (Fsp3) is 0.455. The normalized spacial score (nSPS) is 9.20. The summed E-state index contributed by atoms with van der Waals surface area (Å²) in [5, 5.41) is 9.42. The minimum absolute atomic E-state index is 0.292. The summed E-state index contributed by atoms with van der Waals surface area (Å²) in [6.07, 6.45) is 0. The summed E-state index contributed by atoms with van der Waals surface area (Å²) in [5.41, 5.74) is 1.82. The van der Waals surface area contributed by atoms with Crippen LogP contribution in [-0.2, 0) is 4.74 Å². The third-order valence-corrected chi connectivity index (χ3v) is 2.56. The molecule has 0 spiro atoms. The van der Waals surface area contributed by atoms with Gasteiger partial charge < -0.3 is 14.6 Å². The molecule has 0 amide bonds. The summed E-state index contributed by atoms with van der Waals surface area (Å²) in [7, 11) is 4.86. The smallest absolute Gasteiger partial charge is 0.136 e.